The molecule has 0 spiro atoms. The molecule has 1 unspecified atom stereocenters. The van der Waals surface area contributed by atoms with E-state index in [1.54, 1.807) is 16.1 Å². The number of para-hydroxylation sites is 1. The van der Waals surface area contributed by atoms with E-state index in [0.29, 0.717) is 6.54 Å². The van der Waals surface area contributed by atoms with Gasteiger partial charge in [0.2, 0.25) is 5.91 Å². The summed E-state index contributed by atoms with van der Waals surface area (Å²) in [5.41, 5.74) is 6.61. The van der Waals surface area contributed by atoms with Gasteiger partial charge in [0.15, 0.2) is 0 Å². The molecule has 0 saturated heterocycles. The number of rotatable bonds is 8. The average Bonchev–Trinajstić information content (AvgIpc) is 3.45. The molecule has 7 nitrogen and oxygen atoms in total. The van der Waals surface area contributed by atoms with Crippen LogP contribution in [0.5, 0.6) is 0 Å². The molecule has 3 aromatic rings. The van der Waals surface area contributed by atoms with Crippen LogP contribution in [0.2, 0.25) is 0 Å². The number of nitrogens with one attached hydrogen (secondary N) is 1. The first kappa shape index (κ1) is 25.8. The summed E-state index contributed by atoms with van der Waals surface area (Å²) in [6.07, 6.45) is 7.52. The van der Waals surface area contributed by atoms with Gasteiger partial charge in [-0.1, -0.05) is 57.2 Å². The van der Waals surface area contributed by atoms with Crippen molar-refractivity contribution in [3.05, 3.63) is 77.0 Å². The van der Waals surface area contributed by atoms with Gasteiger partial charge in [-0.3, -0.25) is 24.3 Å². The second-order valence-electron chi connectivity index (χ2n) is 10.5. The van der Waals surface area contributed by atoms with Crippen molar-refractivity contribution >= 4 is 28.8 Å². The van der Waals surface area contributed by atoms with Crippen LogP contribution in [0.4, 0.5) is 0 Å². The molecular formula is C29H35N3O4. The molecule has 0 aliphatic heterocycles. The van der Waals surface area contributed by atoms with E-state index in [0.717, 1.165) is 47.8 Å². The first-order chi connectivity index (χ1) is 17.2. The molecule has 3 N–H and O–H groups in total. The van der Waals surface area contributed by atoms with E-state index in [9.17, 15) is 14.7 Å². The Bertz CT molecular complexity index is 1290. The number of aliphatic hydroxyl groups is 1. The normalized spacial score (nSPS) is 15.7. The summed E-state index contributed by atoms with van der Waals surface area (Å²) in [6.45, 7) is 7.26. The van der Waals surface area contributed by atoms with Crippen molar-refractivity contribution in [2.45, 2.75) is 46.1 Å². The fraction of sp³-hybridized carbons (Fsp3) is 0.379. The molecule has 36 heavy (non-hydrogen) atoms. The van der Waals surface area contributed by atoms with Gasteiger partial charge in [-0.15, -0.1) is 0 Å². The Balaban J connectivity index is 1.50. The quantitative estimate of drug-likeness (QED) is 0.254. The number of aliphatic hydroxyl groups excluding tert-OH is 1. The molecule has 0 bridgehead atoms. The number of carbonyl (C=O) groups is 2. The smallest absolute Gasteiger partial charge is 0.267 e. The van der Waals surface area contributed by atoms with Crippen molar-refractivity contribution in [3.63, 3.8) is 0 Å². The second-order valence-corrected chi connectivity index (χ2v) is 10.5. The third-order valence-electron chi connectivity index (χ3n) is 6.91. The maximum absolute atomic E-state index is 13.1. The topological polar surface area (TPSA) is 94.8 Å². The molecule has 1 aromatic heterocycles. The van der Waals surface area contributed by atoms with Crippen LogP contribution < -0.4 is 5.48 Å². The zero-order valence-electron chi connectivity index (χ0n) is 21.2. The maximum atomic E-state index is 13.1. The number of aromatic nitrogens is 1. The van der Waals surface area contributed by atoms with Gasteiger partial charge in [0.1, 0.15) is 0 Å². The summed E-state index contributed by atoms with van der Waals surface area (Å²) in [6, 6.07) is 14.5. The fourth-order valence-electron chi connectivity index (χ4n) is 5.03. The predicted molar refractivity (Wildman–Crippen MR) is 141 cm³/mol. The van der Waals surface area contributed by atoms with Gasteiger partial charge in [0.25, 0.3) is 5.91 Å². The number of amides is 1. The second kappa shape index (κ2) is 10.8. The van der Waals surface area contributed by atoms with Crippen molar-refractivity contribution < 1.29 is 19.9 Å². The van der Waals surface area contributed by atoms with Crippen LogP contribution in [0.1, 0.15) is 47.8 Å². The van der Waals surface area contributed by atoms with E-state index in [-0.39, 0.29) is 18.6 Å². The van der Waals surface area contributed by atoms with Gasteiger partial charge in [-0.05, 0) is 53.7 Å². The van der Waals surface area contributed by atoms with Crippen LogP contribution in [0.3, 0.4) is 0 Å². The van der Waals surface area contributed by atoms with Crippen molar-refractivity contribution in [3.8, 4) is 0 Å². The minimum atomic E-state index is -0.562. The molecule has 1 aliphatic rings. The molecule has 1 heterocycles. The molecule has 1 atom stereocenters. The number of hydroxylamine groups is 1. The lowest BCUT2D eigenvalue weighted by Gasteiger charge is -2.28. The Morgan fingerprint density at radius 3 is 2.58 bits per heavy atom. The minimum Gasteiger partial charge on any atom is -0.395 e. The molecular weight excluding hydrogens is 454 g/mol. The lowest BCUT2D eigenvalue weighted by Crippen LogP contribution is -2.39. The highest BCUT2D eigenvalue weighted by atomic mass is 16.5. The van der Waals surface area contributed by atoms with Gasteiger partial charge in [-0.25, -0.2) is 5.48 Å². The minimum absolute atomic E-state index is 0.0738. The third-order valence-corrected chi connectivity index (χ3v) is 6.91. The highest BCUT2D eigenvalue weighted by molar-refractivity contribution is 5.96. The number of hydrogen-bond donors (Lipinski definition) is 3. The summed E-state index contributed by atoms with van der Waals surface area (Å²) in [5.74, 6) is -0.488. The molecule has 1 aliphatic carbocycles. The van der Waals surface area contributed by atoms with Crippen molar-refractivity contribution in [1.82, 2.24) is 14.9 Å². The van der Waals surface area contributed by atoms with Crippen LogP contribution >= 0.6 is 0 Å². The van der Waals surface area contributed by atoms with Crippen LogP contribution in [-0.2, 0) is 24.1 Å². The van der Waals surface area contributed by atoms with Crippen LogP contribution in [0, 0.1) is 5.41 Å². The lowest BCUT2D eigenvalue weighted by molar-refractivity contribution is -0.124. The molecule has 0 radical (unpaired) electrons. The maximum Gasteiger partial charge on any atom is 0.267 e. The van der Waals surface area contributed by atoms with E-state index in [2.05, 4.69) is 23.1 Å². The monoisotopic (exact) mass is 489 g/mol. The number of benzene rings is 2. The zero-order valence-corrected chi connectivity index (χ0v) is 21.2. The molecule has 1 amide bonds. The fourth-order valence-corrected chi connectivity index (χ4v) is 5.03. The highest BCUT2D eigenvalue weighted by Crippen LogP contribution is 2.29. The van der Waals surface area contributed by atoms with Gasteiger partial charge in [0, 0.05) is 42.2 Å². The largest absolute Gasteiger partial charge is 0.395 e. The standard InChI is InChI=1S/C29H35N3O4/c1-29(2,3)28(35)32-19-22(25-6-4-5-7-26(25)32)12-13-31(14-15-33)24-17-21-10-8-20(16-23(21)18-24)9-11-27(34)30-36/h4-11,16,19,24,33,36H,12-15,17-18H2,1-3H3,(H,30,34)/b11-9+. The summed E-state index contributed by atoms with van der Waals surface area (Å²) in [5, 5.41) is 19.6. The number of fused-ring (bicyclic) bond motifs is 2. The van der Waals surface area contributed by atoms with E-state index in [1.807, 2.05) is 51.2 Å². The molecule has 0 saturated carbocycles. The van der Waals surface area contributed by atoms with Gasteiger partial charge in [-0.2, -0.15) is 0 Å². The lowest BCUT2D eigenvalue weighted by atomic mass is 9.95. The zero-order chi connectivity index (χ0) is 25.9. The number of carbonyl (C=O) groups excluding carboxylic acids is 2. The first-order valence-electron chi connectivity index (χ1n) is 12.4. The number of hydrogen-bond acceptors (Lipinski definition) is 5. The summed E-state index contributed by atoms with van der Waals surface area (Å²) in [4.78, 5) is 26.7. The van der Waals surface area contributed by atoms with Crippen molar-refractivity contribution in [1.29, 1.82) is 0 Å². The first-order valence-corrected chi connectivity index (χ1v) is 12.4. The molecule has 7 heteroatoms. The Morgan fingerprint density at radius 1 is 1.11 bits per heavy atom. The van der Waals surface area contributed by atoms with E-state index < -0.39 is 11.3 Å². The SMILES string of the molecule is CC(C)(C)C(=O)n1cc(CCN(CCO)C2Cc3ccc(/C=C/C(=O)NO)cc3C2)c2ccccc21. The van der Waals surface area contributed by atoms with E-state index in [4.69, 9.17) is 5.21 Å². The van der Waals surface area contributed by atoms with Gasteiger partial charge in [0.05, 0.1) is 12.1 Å². The Kier molecular flexibility index (Phi) is 7.73. The Morgan fingerprint density at radius 2 is 1.86 bits per heavy atom. The summed E-state index contributed by atoms with van der Waals surface area (Å²) in [7, 11) is 0. The van der Waals surface area contributed by atoms with Gasteiger partial charge >= 0.3 is 0 Å². The van der Waals surface area contributed by atoms with Crippen molar-refractivity contribution in [2.75, 3.05) is 19.7 Å². The van der Waals surface area contributed by atoms with Crippen molar-refractivity contribution in [2.24, 2.45) is 5.41 Å². The van der Waals surface area contributed by atoms with Crippen LogP contribution in [-0.4, -0.2) is 57.3 Å². The van der Waals surface area contributed by atoms with Gasteiger partial charge < -0.3 is 5.11 Å². The molecule has 190 valence electrons. The summed E-state index contributed by atoms with van der Waals surface area (Å²) < 4.78 is 1.79. The molecule has 2 aromatic carbocycles. The predicted octanol–water partition coefficient (Wildman–Crippen LogP) is 3.85. The molecule has 0 fully saturated rings. The molecule has 4 rings (SSSR count). The van der Waals surface area contributed by atoms with Crippen LogP contribution in [0.25, 0.3) is 17.0 Å². The van der Waals surface area contributed by atoms with Crippen LogP contribution in [0.15, 0.2) is 54.7 Å². The summed E-state index contributed by atoms with van der Waals surface area (Å²) >= 11 is 0. The average molecular weight is 490 g/mol. The highest BCUT2D eigenvalue weighted by Gasteiger charge is 2.28. The van der Waals surface area contributed by atoms with E-state index in [1.165, 1.54) is 17.2 Å². The number of nitrogens with zero attached hydrogens (tertiary/aromatic N) is 2. The third kappa shape index (κ3) is 5.59. The Labute approximate surface area is 212 Å². The Hall–Kier alpha value is -3.26. The van der Waals surface area contributed by atoms with E-state index >= 15 is 0 Å².